The Morgan fingerprint density at radius 1 is 1.23 bits per heavy atom. The second-order valence-electron chi connectivity index (χ2n) is 6.54. The van der Waals surface area contributed by atoms with E-state index < -0.39 is 0 Å². The number of hydrogen-bond acceptors (Lipinski definition) is 7. The predicted molar refractivity (Wildman–Crippen MR) is 102 cm³/mol. The number of nitrogens with two attached hydrogens (primary N) is 1. The van der Waals surface area contributed by atoms with Gasteiger partial charge >= 0.3 is 0 Å². The fourth-order valence-corrected chi connectivity index (χ4v) is 3.23. The van der Waals surface area contributed by atoms with Gasteiger partial charge in [0.25, 0.3) is 0 Å². The van der Waals surface area contributed by atoms with Gasteiger partial charge in [-0.1, -0.05) is 17.7 Å². The van der Waals surface area contributed by atoms with E-state index >= 15 is 0 Å². The normalized spacial score (nSPS) is 19.6. The third-order valence-electron chi connectivity index (χ3n) is 4.63. The molecule has 136 valence electrons. The molecule has 0 saturated heterocycles. The molecule has 1 saturated carbocycles. The Morgan fingerprint density at radius 3 is 2.77 bits per heavy atom. The van der Waals surface area contributed by atoms with Gasteiger partial charge in [-0.15, -0.1) is 0 Å². The van der Waals surface area contributed by atoms with Gasteiger partial charge in [-0.25, -0.2) is 9.97 Å². The summed E-state index contributed by atoms with van der Waals surface area (Å²) in [6, 6.07) is 6.18. The van der Waals surface area contributed by atoms with Crippen LogP contribution in [0.15, 0.2) is 24.5 Å². The standard InChI is InChI=1S/C18H22ClN7/c19-16-13(2-1-7-22-16)10-24-18-25-11-14(8-20)17(26-18)23-9-12-3-5-15(21)6-4-12/h1-2,7,11-12,15H,3-6,9-10,21H2,(H2,23,24,25,26). The van der Waals surface area contributed by atoms with Crippen LogP contribution in [0.4, 0.5) is 11.8 Å². The zero-order valence-corrected chi connectivity index (χ0v) is 15.2. The van der Waals surface area contributed by atoms with E-state index in [2.05, 4.69) is 31.7 Å². The van der Waals surface area contributed by atoms with Crippen molar-refractivity contribution in [3.05, 3.63) is 40.8 Å². The molecule has 0 bridgehead atoms. The number of aromatic nitrogens is 3. The van der Waals surface area contributed by atoms with Gasteiger partial charge in [-0.3, -0.25) is 0 Å². The Balaban J connectivity index is 1.62. The molecule has 8 heteroatoms. The average Bonchev–Trinajstić information content (AvgIpc) is 2.67. The molecule has 3 rings (SSSR count). The number of halogens is 1. The molecule has 0 atom stereocenters. The SMILES string of the molecule is N#Cc1cnc(NCc2cccnc2Cl)nc1NCC1CCC(N)CC1. The Kier molecular flexibility index (Phi) is 6.21. The molecule has 1 aliphatic rings. The first-order chi connectivity index (χ1) is 12.7. The molecule has 2 aromatic heterocycles. The third kappa shape index (κ3) is 4.81. The molecule has 26 heavy (non-hydrogen) atoms. The molecule has 0 radical (unpaired) electrons. The maximum absolute atomic E-state index is 9.29. The van der Waals surface area contributed by atoms with Gasteiger partial charge in [0.2, 0.25) is 5.95 Å². The zero-order chi connectivity index (χ0) is 18.4. The quantitative estimate of drug-likeness (QED) is 0.669. The number of nitriles is 1. The van der Waals surface area contributed by atoms with E-state index in [1.807, 2.05) is 12.1 Å². The first-order valence-corrected chi connectivity index (χ1v) is 9.13. The molecule has 1 aliphatic carbocycles. The molecular weight excluding hydrogens is 350 g/mol. The molecule has 1 fully saturated rings. The van der Waals surface area contributed by atoms with Gasteiger partial charge in [0, 0.05) is 30.9 Å². The lowest BCUT2D eigenvalue weighted by molar-refractivity contribution is 0.338. The van der Waals surface area contributed by atoms with Crippen molar-refractivity contribution >= 4 is 23.4 Å². The zero-order valence-electron chi connectivity index (χ0n) is 14.5. The topological polar surface area (TPSA) is 113 Å². The Hall–Kier alpha value is -2.43. The van der Waals surface area contributed by atoms with Gasteiger partial charge in [0.1, 0.15) is 22.6 Å². The third-order valence-corrected chi connectivity index (χ3v) is 4.97. The number of pyridine rings is 1. The summed E-state index contributed by atoms with van der Waals surface area (Å²) in [5, 5.41) is 16.2. The van der Waals surface area contributed by atoms with Crippen LogP contribution in [0.3, 0.4) is 0 Å². The summed E-state index contributed by atoms with van der Waals surface area (Å²) in [5.74, 6) is 1.55. The number of rotatable bonds is 6. The van der Waals surface area contributed by atoms with Crippen molar-refractivity contribution in [3.63, 3.8) is 0 Å². The molecule has 7 nitrogen and oxygen atoms in total. The van der Waals surface area contributed by atoms with Crippen LogP contribution in [0, 0.1) is 17.2 Å². The van der Waals surface area contributed by atoms with Crippen LogP contribution in [0.25, 0.3) is 0 Å². The highest BCUT2D eigenvalue weighted by molar-refractivity contribution is 6.30. The second kappa shape index (κ2) is 8.79. The number of anilines is 2. The first kappa shape index (κ1) is 18.4. The maximum Gasteiger partial charge on any atom is 0.224 e. The van der Waals surface area contributed by atoms with Gasteiger partial charge in [-0.2, -0.15) is 10.2 Å². The summed E-state index contributed by atoms with van der Waals surface area (Å²) in [6.07, 6.45) is 7.49. The summed E-state index contributed by atoms with van der Waals surface area (Å²) in [7, 11) is 0. The molecule has 0 aliphatic heterocycles. The van der Waals surface area contributed by atoms with Crippen LogP contribution in [0.2, 0.25) is 5.15 Å². The Bertz CT molecular complexity index is 781. The van der Waals surface area contributed by atoms with Crippen molar-refractivity contribution in [2.24, 2.45) is 11.7 Å². The first-order valence-electron chi connectivity index (χ1n) is 8.75. The highest BCUT2D eigenvalue weighted by Gasteiger charge is 2.19. The molecule has 2 aromatic rings. The summed E-state index contributed by atoms with van der Waals surface area (Å²) in [4.78, 5) is 12.7. The largest absolute Gasteiger partial charge is 0.369 e. The summed E-state index contributed by atoms with van der Waals surface area (Å²) in [5.41, 5.74) is 7.24. The smallest absolute Gasteiger partial charge is 0.224 e. The van der Waals surface area contributed by atoms with Crippen molar-refractivity contribution in [2.75, 3.05) is 17.2 Å². The summed E-state index contributed by atoms with van der Waals surface area (Å²) < 4.78 is 0. The molecule has 0 spiro atoms. The van der Waals surface area contributed by atoms with Crippen LogP contribution in [-0.4, -0.2) is 27.5 Å². The van der Waals surface area contributed by atoms with Gasteiger partial charge in [-0.05, 0) is 37.7 Å². The lowest BCUT2D eigenvalue weighted by atomic mass is 9.86. The minimum absolute atomic E-state index is 0.329. The van der Waals surface area contributed by atoms with E-state index in [1.165, 1.54) is 6.20 Å². The molecule has 0 amide bonds. The number of hydrogen-bond donors (Lipinski definition) is 3. The minimum Gasteiger partial charge on any atom is -0.369 e. The van der Waals surface area contributed by atoms with Crippen LogP contribution in [0.5, 0.6) is 0 Å². The molecular formula is C18H22ClN7. The van der Waals surface area contributed by atoms with Crippen molar-refractivity contribution in [1.82, 2.24) is 15.0 Å². The monoisotopic (exact) mass is 371 g/mol. The van der Waals surface area contributed by atoms with Gasteiger partial charge in [0.05, 0.1) is 6.20 Å². The van der Waals surface area contributed by atoms with Gasteiger partial charge in [0.15, 0.2) is 0 Å². The van der Waals surface area contributed by atoms with Crippen LogP contribution < -0.4 is 16.4 Å². The predicted octanol–water partition coefficient (Wildman–Crippen LogP) is 2.94. The van der Waals surface area contributed by atoms with Crippen LogP contribution in [0.1, 0.15) is 36.8 Å². The Labute approximate surface area is 158 Å². The van der Waals surface area contributed by atoms with Gasteiger partial charge < -0.3 is 16.4 Å². The van der Waals surface area contributed by atoms with Crippen LogP contribution in [-0.2, 0) is 6.54 Å². The number of nitrogens with one attached hydrogen (secondary N) is 2. The van der Waals surface area contributed by atoms with Crippen molar-refractivity contribution in [2.45, 2.75) is 38.3 Å². The highest BCUT2D eigenvalue weighted by Crippen LogP contribution is 2.24. The summed E-state index contributed by atoms with van der Waals surface area (Å²) >= 11 is 6.06. The van der Waals surface area contributed by atoms with Crippen LogP contribution >= 0.6 is 11.6 Å². The fourth-order valence-electron chi connectivity index (χ4n) is 3.04. The highest BCUT2D eigenvalue weighted by atomic mass is 35.5. The van der Waals surface area contributed by atoms with E-state index in [0.29, 0.717) is 41.0 Å². The maximum atomic E-state index is 9.29. The van der Waals surface area contributed by atoms with Crippen molar-refractivity contribution < 1.29 is 0 Å². The van der Waals surface area contributed by atoms with E-state index in [9.17, 15) is 5.26 Å². The van der Waals surface area contributed by atoms with E-state index in [-0.39, 0.29) is 0 Å². The lowest BCUT2D eigenvalue weighted by Crippen LogP contribution is -2.29. The minimum atomic E-state index is 0.329. The second-order valence-corrected chi connectivity index (χ2v) is 6.89. The average molecular weight is 372 g/mol. The molecule has 4 N–H and O–H groups in total. The van der Waals surface area contributed by atoms with E-state index in [1.54, 1.807) is 6.20 Å². The van der Waals surface area contributed by atoms with E-state index in [4.69, 9.17) is 17.3 Å². The Morgan fingerprint density at radius 2 is 2.04 bits per heavy atom. The summed E-state index contributed by atoms with van der Waals surface area (Å²) in [6.45, 7) is 1.24. The molecule has 2 heterocycles. The number of nitrogens with zero attached hydrogens (tertiary/aromatic N) is 4. The van der Waals surface area contributed by atoms with E-state index in [0.717, 1.165) is 37.8 Å². The molecule has 0 aromatic carbocycles. The lowest BCUT2D eigenvalue weighted by Gasteiger charge is -2.26. The fraction of sp³-hybridized carbons (Fsp3) is 0.444. The van der Waals surface area contributed by atoms with Crippen molar-refractivity contribution in [1.29, 1.82) is 5.26 Å². The van der Waals surface area contributed by atoms with Crippen molar-refractivity contribution in [3.8, 4) is 6.07 Å². The molecule has 0 unspecified atom stereocenters.